The summed E-state index contributed by atoms with van der Waals surface area (Å²) in [4.78, 5) is 25.1. The molecule has 0 aliphatic rings. The van der Waals surface area contributed by atoms with Crippen molar-refractivity contribution >= 4 is 23.0 Å². The number of carbonyl (C=O) groups is 2. The van der Waals surface area contributed by atoms with E-state index >= 15 is 0 Å². The number of hydrogen-bond acceptors (Lipinski definition) is 5. The molecule has 35 heavy (non-hydrogen) atoms. The first-order valence-corrected chi connectivity index (χ1v) is 13.4. The van der Waals surface area contributed by atoms with Crippen LogP contribution in [0.3, 0.4) is 0 Å². The minimum absolute atomic E-state index is 0.240. The smallest absolute Gasteiger partial charge is 0.342 e. The lowest BCUT2D eigenvalue weighted by Gasteiger charge is -2.08. The van der Waals surface area contributed by atoms with Gasteiger partial charge in [-0.1, -0.05) is 69.8 Å². The third kappa shape index (κ3) is 10.7. The number of esters is 1. The number of furan rings is 2. The number of hydrogen-bond donors (Lipinski definition) is 2. The number of rotatable bonds is 20. The second kappa shape index (κ2) is 17.8. The molecule has 2 aromatic heterocycles. The number of unbranched alkanes of at least 4 members (excludes halogenated alkanes) is 9. The van der Waals surface area contributed by atoms with Crippen molar-refractivity contribution in [1.29, 1.82) is 0 Å². The van der Waals surface area contributed by atoms with Gasteiger partial charge in [0.05, 0.1) is 6.61 Å². The number of ether oxygens (including phenoxy) is 1. The van der Waals surface area contributed by atoms with Crippen molar-refractivity contribution in [2.75, 3.05) is 26.7 Å². The molecule has 0 atom stereocenters. The van der Waals surface area contributed by atoms with E-state index in [4.69, 9.17) is 9.15 Å². The Balaban J connectivity index is 1.53. The summed E-state index contributed by atoms with van der Waals surface area (Å²) in [6, 6.07) is 3.42. The molecule has 0 radical (unpaired) electrons. The number of allylic oxidation sites excluding steroid dienone is 4. The Morgan fingerprint density at radius 1 is 0.829 bits per heavy atom. The van der Waals surface area contributed by atoms with E-state index in [9.17, 15) is 9.59 Å². The van der Waals surface area contributed by atoms with Crippen LogP contribution in [0.5, 0.6) is 0 Å². The molecule has 6 heteroatoms. The summed E-state index contributed by atoms with van der Waals surface area (Å²) < 4.78 is 11.0. The van der Waals surface area contributed by atoms with Gasteiger partial charge in [0, 0.05) is 13.1 Å². The Labute approximate surface area is 210 Å². The highest BCUT2D eigenvalue weighted by Gasteiger charge is 2.28. The van der Waals surface area contributed by atoms with Gasteiger partial charge in [-0.25, -0.2) is 4.79 Å². The topological polar surface area (TPSA) is 80.6 Å². The predicted molar refractivity (Wildman–Crippen MR) is 143 cm³/mol. The zero-order valence-corrected chi connectivity index (χ0v) is 21.7. The number of carbonyl (C=O) groups excluding carboxylic acids is 2. The molecule has 0 aliphatic carbocycles. The zero-order valence-electron chi connectivity index (χ0n) is 21.7. The van der Waals surface area contributed by atoms with Crippen LogP contribution in [-0.2, 0) is 4.74 Å². The van der Waals surface area contributed by atoms with E-state index in [0.29, 0.717) is 30.9 Å². The maximum Gasteiger partial charge on any atom is 0.342 e. The van der Waals surface area contributed by atoms with Crippen LogP contribution >= 0.6 is 0 Å². The monoisotopic (exact) mass is 484 g/mol. The van der Waals surface area contributed by atoms with Gasteiger partial charge in [-0.2, -0.15) is 0 Å². The van der Waals surface area contributed by atoms with E-state index in [1.807, 2.05) is 7.05 Å². The molecule has 2 N–H and O–H groups in total. The van der Waals surface area contributed by atoms with Crippen molar-refractivity contribution in [3.05, 3.63) is 47.6 Å². The molecule has 0 saturated heterocycles. The average molecular weight is 485 g/mol. The molecule has 2 bridgehead atoms. The molecule has 0 aliphatic heterocycles. The summed E-state index contributed by atoms with van der Waals surface area (Å²) in [5.41, 5.74) is 1.34. The maximum absolute atomic E-state index is 12.6. The SMILES string of the molecule is CCCCC/C=C/C/C=C/CCCCCCCCOC(=O)c1c(C(=O)NCCNC)c2ccc1o2. The Morgan fingerprint density at radius 3 is 2.14 bits per heavy atom. The first kappa shape index (κ1) is 28.6. The van der Waals surface area contributed by atoms with Crippen LogP contribution in [0.2, 0.25) is 0 Å². The highest BCUT2D eigenvalue weighted by Crippen LogP contribution is 2.29. The summed E-state index contributed by atoms with van der Waals surface area (Å²) in [5.74, 6) is -0.795. The summed E-state index contributed by atoms with van der Waals surface area (Å²) in [6.45, 7) is 3.72. The molecule has 0 fully saturated rings. The minimum atomic E-state index is -0.485. The first-order chi connectivity index (χ1) is 17.2. The Kier molecular flexibility index (Phi) is 14.5. The number of likely N-dealkylation sites (N-methyl/N-ethyl adjacent to an activating group) is 1. The predicted octanol–water partition coefficient (Wildman–Crippen LogP) is 6.79. The molecule has 2 aromatic rings. The largest absolute Gasteiger partial charge is 0.462 e. The highest BCUT2D eigenvalue weighted by atomic mass is 16.5. The molecule has 0 spiro atoms. The average Bonchev–Trinajstić information content (AvgIpc) is 3.48. The van der Waals surface area contributed by atoms with Crippen LogP contribution < -0.4 is 10.6 Å². The first-order valence-electron chi connectivity index (χ1n) is 13.4. The van der Waals surface area contributed by atoms with Gasteiger partial charge in [-0.3, -0.25) is 4.79 Å². The third-order valence-electron chi connectivity index (χ3n) is 6.02. The van der Waals surface area contributed by atoms with Crippen molar-refractivity contribution in [1.82, 2.24) is 10.6 Å². The quantitative estimate of drug-likeness (QED) is 0.123. The van der Waals surface area contributed by atoms with Crippen molar-refractivity contribution in [3.8, 4) is 0 Å². The molecule has 2 rings (SSSR count). The van der Waals surface area contributed by atoms with Gasteiger partial charge < -0.3 is 19.8 Å². The van der Waals surface area contributed by atoms with Crippen molar-refractivity contribution in [3.63, 3.8) is 0 Å². The van der Waals surface area contributed by atoms with Crippen LogP contribution in [0.1, 0.15) is 105 Å². The fourth-order valence-electron chi connectivity index (χ4n) is 4.00. The molecule has 6 nitrogen and oxygen atoms in total. The molecule has 0 saturated carbocycles. The van der Waals surface area contributed by atoms with Gasteiger partial charge in [0.1, 0.15) is 22.3 Å². The van der Waals surface area contributed by atoms with Crippen LogP contribution in [0.15, 0.2) is 40.9 Å². The van der Waals surface area contributed by atoms with Gasteiger partial charge in [0.2, 0.25) is 0 Å². The second-order valence-corrected chi connectivity index (χ2v) is 8.99. The van der Waals surface area contributed by atoms with Crippen LogP contribution in [0, 0.1) is 0 Å². The second-order valence-electron chi connectivity index (χ2n) is 8.99. The Hall–Kier alpha value is -2.60. The van der Waals surface area contributed by atoms with E-state index in [1.165, 1.54) is 44.9 Å². The summed E-state index contributed by atoms with van der Waals surface area (Å²) >= 11 is 0. The molecule has 0 aromatic carbocycles. The molecule has 194 valence electrons. The van der Waals surface area contributed by atoms with E-state index in [0.717, 1.165) is 32.1 Å². The summed E-state index contributed by atoms with van der Waals surface area (Å²) in [6.07, 6.45) is 23.1. The number of benzene rings is 1. The van der Waals surface area contributed by atoms with E-state index in [2.05, 4.69) is 41.9 Å². The van der Waals surface area contributed by atoms with Gasteiger partial charge in [-0.05, 0) is 57.7 Å². The van der Waals surface area contributed by atoms with Crippen molar-refractivity contribution in [2.24, 2.45) is 0 Å². The van der Waals surface area contributed by atoms with E-state index < -0.39 is 5.97 Å². The minimum Gasteiger partial charge on any atom is -0.462 e. The molecule has 0 unspecified atom stereocenters. The fourth-order valence-corrected chi connectivity index (χ4v) is 4.00. The zero-order chi connectivity index (χ0) is 25.1. The Morgan fingerprint density at radius 2 is 1.46 bits per heavy atom. The van der Waals surface area contributed by atoms with Gasteiger partial charge in [-0.15, -0.1) is 0 Å². The lowest BCUT2D eigenvalue weighted by molar-refractivity contribution is 0.0496. The highest BCUT2D eigenvalue weighted by molar-refractivity contribution is 6.14. The molecular weight excluding hydrogens is 440 g/mol. The maximum atomic E-state index is 12.6. The third-order valence-corrected chi connectivity index (χ3v) is 6.02. The van der Waals surface area contributed by atoms with Gasteiger partial charge in [0.15, 0.2) is 0 Å². The normalized spacial score (nSPS) is 11.8. The fraction of sp³-hybridized carbons (Fsp3) is 0.586. The van der Waals surface area contributed by atoms with Crippen LogP contribution in [0.25, 0.3) is 11.2 Å². The van der Waals surface area contributed by atoms with Crippen molar-refractivity contribution < 1.29 is 18.7 Å². The van der Waals surface area contributed by atoms with E-state index in [-0.39, 0.29) is 17.0 Å². The molecule has 1 amide bonds. The van der Waals surface area contributed by atoms with Gasteiger partial charge >= 0.3 is 5.97 Å². The number of nitrogens with one attached hydrogen (secondary N) is 2. The Bertz CT molecular complexity index is 900. The lowest BCUT2D eigenvalue weighted by Crippen LogP contribution is -2.31. The van der Waals surface area contributed by atoms with Crippen molar-refractivity contribution in [2.45, 2.75) is 84.0 Å². The summed E-state index contributed by atoms with van der Waals surface area (Å²) in [7, 11) is 1.82. The number of amides is 1. The summed E-state index contributed by atoms with van der Waals surface area (Å²) in [5, 5.41) is 5.77. The van der Waals surface area contributed by atoms with Gasteiger partial charge in [0.25, 0.3) is 5.91 Å². The molecular formula is C29H44N2O4. The molecule has 2 heterocycles. The standard InChI is InChI=1S/C29H44N2O4/c1-3-4-5-6-7-8-9-10-11-12-13-14-15-16-17-18-23-34-29(33)27-25-20-19-24(35-25)26(27)28(32)31-22-21-30-2/h7-8,10-11,19-20,30H,3-6,9,12-18,21-23H2,1-2H3,(H,31,32)/b8-7+,11-10+. The van der Waals surface area contributed by atoms with Crippen LogP contribution in [0.4, 0.5) is 0 Å². The number of fused-ring (bicyclic) bond motifs is 2. The van der Waals surface area contributed by atoms with E-state index in [1.54, 1.807) is 12.1 Å². The lowest BCUT2D eigenvalue weighted by atomic mass is 10.1. The van der Waals surface area contributed by atoms with Crippen LogP contribution in [-0.4, -0.2) is 38.6 Å².